The van der Waals surface area contributed by atoms with Crippen molar-refractivity contribution in [2.24, 2.45) is 11.8 Å². The third-order valence-corrected chi connectivity index (χ3v) is 5.55. The van der Waals surface area contributed by atoms with E-state index in [1.54, 1.807) is 7.11 Å². The number of methoxy groups -OCH3 is 1. The van der Waals surface area contributed by atoms with E-state index in [2.05, 4.69) is 47.2 Å². The molecule has 2 nitrogen and oxygen atoms in total. The van der Waals surface area contributed by atoms with Gasteiger partial charge in [-0.25, -0.2) is 0 Å². The molecule has 1 aliphatic carbocycles. The summed E-state index contributed by atoms with van der Waals surface area (Å²) in [6, 6.07) is 6.72. The number of hydrogen-bond acceptors (Lipinski definition) is 2. The first-order valence-corrected chi connectivity index (χ1v) is 9.00. The lowest BCUT2D eigenvalue weighted by atomic mass is 9.81. The lowest BCUT2D eigenvalue weighted by Crippen LogP contribution is -2.28. The molecule has 1 fully saturated rings. The maximum atomic E-state index is 5.29. The summed E-state index contributed by atoms with van der Waals surface area (Å²) in [4.78, 5) is 0. The molecule has 0 bridgehead atoms. The van der Waals surface area contributed by atoms with Crippen LogP contribution in [0.25, 0.3) is 0 Å². The lowest BCUT2D eigenvalue weighted by molar-refractivity contribution is 0.258. The quantitative estimate of drug-likeness (QED) is 0.746. The van der Waals surface area contributed by atoms with Gasteiger partial charge in [-0.15, -0.1) is 0 Å². The van der Waals surface area contributed by atoms with Crippen LogP contribution in [-0.4, -0.2) is 13.7 Å². The lowest BCUT2D eigenvalue weighted by Gasteiger charge is -2.29. The van der Waals surface area contributed by atoms with Crippen LogP contribution < -0.4 is 10.1 Å². The number of nitrogens with one attached hydrogen (secondary N) is 1. The highest BCUT2D eigenvalue weighted by molar-refractivity contribution is 9.10. The molecule has 0 amide bonds. The Bertz CT molecular complexity index is 441. The number of benzene rings is 1. The van der Waals surface area contributed by atoms with Gasteiger partial charge in [-0.1, -0.05) is 32.3 Å². The van der Waals surface area contributed by atoms with Crippen molar-refractivity contribution in [1.82, 2.24) is 5.32 Å². The van der Waals surface area contributed by atoms with E-state index in [9.17, 15) is 0 Å². The zero-order chi connectivity index (χ0) is 15.2. The van der Waals surface area contributed by atoms with E-state index in [1.165, 1.54) is 37.7 Å². The molecule has 0 aliphatic heterocycles. The minimum atomic E-state index is 0.385. The largest absolute Gasteiger partial charge is 0.496 e. The number of halogens is 1. The molecule has 1 atom stereocenters. The standard InChI is InChI=1S/C18H28BrNO/c1-4-14-5-7-15(8-6-14)12-20-13(2)16-9-10-18(21-3)17(19)11-16/h9-11,13-15,20H,4-8,12H2,1-3H3. The van der Waals surface area contributed by atoms with Crippen molar-refractivity contribution >= 4 is 15.9 Å². The van der Waals surface area contributed by atoms with Gasteiger partial charge in [0, 0.05) is 6.04 Å². The van der Waals surface area contributed by atoms with Gasteiger partial charge in [0.2, 0.25) is 0 Å². The zero-order valence-corrected chi connectivity index (χ0v) is 15.1. The Labute approximate surface area is 137 Å². The molecule has 1 aromatic rings. The van der Waals surface area contributed by atoms with Gasteiger partial charge in [0.1, 0.15) is 5.75 Å². The molecular weight excluding hydrogens is 326 g/mol. The minimum absolute atomic E-state index is 0.385. The Morgan fingerprint density at radius 1 is 1.24 bits per heavy atom. The van der Waals surface area contributed by atoms with Gasteiger partial charge in [-0.2, -0.15) is 0 Å². The normalized spacial score (nSPS) is 23.8. The van der Waals surface area contributed by atoms with Crippen molar-refractivity contribution in [3.8, 4) is 5.75 Å². The van der Waals surface area contributed by atoms with Crippen molar-refractivity contribution in [2.75, 3.05) is 13.7 Å². The van der Waals surface area contributed by atoms with Crippen LogP contribution in [0.1, 0.15) is 57.6 Å². The van der Waals surface area contributed by atoms with Crippen molar-refractivity contribution in [3.05, 3.63) is 28.2 Å². The molecule has 1 aromatic carbocycles. The topological polar surface area (TPSA) is 21.3 Å². The summed E-state index contributed by atoms with van der Waals surface area (Å²) in [5, 5.41) is 3.70. The summed E-state index contributed by atoms with van der Waals surface area (Å²) < 4.78 is 6.32. The summed E-state index contributed by atoms with van der Waals surface area (Å²) in [6.07, 6.45) is 6.99. The van der Waals surface area contributed by atoms with Gasteiger partial charge in [-0.05, 0) is 71.8 Å². The van der Waals surface area contributed by atoms with E-state index < -0.39 is 0 Å². The molecule has 2 rings (SSSR count). The maximum Gasteiger partial charge on any atom is 0.133 e. The monoisotopic (exact) mass is 353 g/mol. The van der Waals surface area contributed by atoms with E-state index in [0.717, 1.165) is 28.6 Å². The third-order valence-electron chi connectivity index (χ3n) is 4.93. The third kappa shape index (κ3) is 4.72. The highest BCUT2D eigenvalue weighted by Gasteiger charge is 2.20. The van der Waals surface area contributed by atoms with E-state index in [-0.39, 0.29) is 0 Å². The molecule has 0 spiro atoms. The Morgan fingerprint density at radius 3 is 2.48 bits per heavy atom. The molecule has 3 heteroatoms. The smallest absolute Gasteiger partial charge is 0.133 e. The fraction of sp³-hybridized carbons (Fsp3) is 0.667. The second-order valence-electron chi connectivity index (χ2n) is 6.32. The van der Waals surface area contributed by atoms with Gasteiger partial charge in [0.25, 0.3) is 0 Å². The van der Waals surface area contributed by atoms with Crippen LogP contribution in [0.4, 0.5) is 0 Å². The SMILES string of the molecule is CCC1CCC(CNC(C)c2ccc(OC)c(Br)c2)CC1. The second kappa shape index (κ2) is 8.19. The molecular formula is C18H28BrNO. The molecule has 1 aliphatic rings. The Hall–Kier alpha value is -0.540. The van der Waals surface area contributed by atoms with E-state index in [0.29, 0.717) is 6.04 Å². The fourth-order valence-corrected chi connectivity index (χ4v) is 3.82. The molecule has 0 radical (unpaired) electrons. The van der Waals surface area contributed by atoms with Gasteiger partial charge in [-0.3, -0.25) is 0 Å². The summed E-state index contributed by atoms with van der Waals surface area (Å²) >= 11 is 3.57. The summed E-state index contributed by atoms with van der Waals surface area (Å²) in [6.45, 7) is 5.71. The molecule has 0 saturated heterocycles. The second-order valence-corrected chi connectivity index (χ2v) is 7.17. The maximum absolute atomic E-state index is 5.29. The van der Waals surface area contributed by atoms with Crippen molar-refractivity contribution in [3.63, 3.8) is 0 Å². The van der Waals surface area contributed by atoms with Crippen molar-refractivity contribution in [2.45, 2.75) is 52.0 Å². The number of ether oxygens (including phenoxy) is 1. The molecule has 1 saturated carbocycles. The van der Waals surface area contributed by atoms with Gasteiger partial charge in [0.15, 0.2) is 0 Å². The average molecular weight is 354 g/mol. The number of hydrogen-bond donors (Lipinski definition) is 1. The van der Waals surface area contributed by atoms with E-state index >= 15 is 0 Å². The molecule has 1 unspecified atom stereocenters. The highest BCUT2D eigenvalue weighted by atomic mass is 79.9. The zero-order valence-electron chi connectivity index (χ0n) is 13.5. The number of rotatable bonds is 6. The first-order chi connectivity index (χ1) is 10.1. The molecule has 21 heavy (non-hydrogen) atoms. The first kappa shape index (κ1) is 16.8. The van der Waals surface area contributed by atoms with Crippen LogP contribution in [-0.2, 0) is 0 Å². The van der Waals surface area contributed by atoms with Crippen LogP contribution in [0.2, 0.25) is 0 Å². The van der Waals surface area contributed by atoms with E-state index in [1.807, 2.05) is 6.07 Å². The van der Waals surface area contributed by atoms with Gasteiger partial charge in [0.05, 0.1) is 11.6 Å². The molecule has 0 heterocycles. The Balaban J connectivity index is 1.82. The summed E-state index contributed by atoms with van der Waals surface area (Å²) in [7, 11) is 1.70. The summed E-state index contributed by atoms with van der Waals surface area (Å²) in [5.41, 5.74) is 1.31. The van der Waals surface area contributed by atoms with Crippen molar-refractivity contribution < 1.29 is 4.74 Å². The molecule has 118 valence electrons. The predicted octanol–water partition coefficient (Wildman–Crippen LogP) is 5.32. The Morgan fingerprint density at radius 2 is 1.90 bits per heavy atom. The van der Waals surface area contributed by atoms with Crippen LogP contribution >= 0.6 is 15.9 Å². The fourth-order valence-electron chi connectivity index (χ4n) is 3.26. The predicted molar refractivity (Wildman–Crippen MR) is 92.9 cm³/mol. The highest BCUT2D eigenvalue weighted by Crippen LogP contribution is 2.31. The van der Waals surface area contributed by atoms with Crippen LogP contribution in [0, 0.1) is 11.8 Å². The van der Waals surface area contributed by atoms with Crippen LogP contribution in [0.5, 0.6) is 5.75 Å². The van der Waals surface area contributed by atoms with Crippen LogP contribution in [0.3, 0.4) is 0 Å². The minimum Gasteiger partial charge on any atom is -0.496 e. The Kier molecular flexibility index (Phi) is 6.56. The molecule has 1 N–H and O–H groups in total. The van der Waals surface area contributed by atoms with Crippen molar-refractivity contribution in [1.29, 1.82) is 0 Å². The van der Waals surface area contributed by atoms with Gasteiger partial charge >= 0.3 is 0 Å². The molecule has 0 aromatic heterocycles. The van der Waals surface area contributed by atoms with Crippen LogP contribution in [0.15, 0.2) is 22.7 Å². The summed E-state index contributed by atoms with van der Waals surface area (Å²) in [5.74, 6) is 2.73. The average Bonchev–Trinajstić information content (AvgIpc) is 2.53. The van der Waals surface area contributed by atoms with E-state index in [4.69, 9.17) is 4.74 Å². The van der Waals surface area contributed by atoms with Gasteiger partial charge < -0.3 is 10.1 Å². The first-order valence-electron chi connectivity index (χ1n) is 8.20.